The Morgan fingerprint density at radius 1 is 1.13 bits per heavy atom. The fourth-order valence-corrected chi connectivity index (χ4v) is 5.38. The standard InChI is InChI=1S/C36H44O9S/c1-5-7-16-29(38)26(32-34(40)28-18-17-24(46)22-31(28)44-35(32)45-36(41)42-4)15-12-10-8-9-11-13-21-43-30-20-19-25(23(3)37)33(39)27(30)14-6-2/h8,10,12,15,18-20,22,26,29,38-39H,5-7,9,11,13-14,16-17,21H2,1-4H3/b10-8-,15-12+/t26-,29-/m1/s1. The van der Waals surface area contributed by atoms with E-state index >= 15 is 0 Å². The van der Waals surface area contributed by atoms with Gasteiger partial charge in [-0.25, -0.2) is 4.79 Å². The Morgan fingerprint density at radius 3 is 2.61 bits per heavy atom. The van der Waals surface area contributed by atoms with E-state index in [0.717, 1.165) is 45.6 Å². The zero-order valence-electron chi connectivity index (χ0n) is 27.0. The lowest BCUT2D eigenvalue weighted by Gasteiger charge is -2.21. The molecular formula is C36H44O9S. The van der Waals surface area contributed by atoms with Crippen LogP contribution in [0.15, 0.2) is 45.6 Å². The number of hydrogen-bond acceptors (Lipinski definition) is 10. The Labute approximate surface area is 274 Å². The Balaban J connectivity index is 1.72. The molecule has 3 rings (SSSR count). The number of Topliss-reactive ketones (excluding diaryl/α,β-unsaturated/α-hetero) is 1. The van der Waals surface area contributed by atoms with Gasteiger partial charge in [-0.15, -0.1) is 0 Å². The Hall–Kier alpha value is -4.02. The molecular weight excluding hydrogens is 608 g/mol. The van der Waals surface area contributed by atoms with Gasteiger partial charge in [-0.1, -0.05) is 75.7 Å². The summed E-state index contributed by atoms with van der Waals surface area (Å²) in [7, 11) is 1.15. The minimum atomic E-state index is -1.05. The van der Waals surface area contributed by atoms with Gasteiger partial charge in [-0.3, -0.25) is 9.59 Å². The number of phenols is 1. The zero-order valence-corrected chi connectivity index (χ0v) is 27.8. The van der Waals surface area contributed by atoms with Crippen LogP contribution in [0.4, 0.5) is 4.79 Å². The molecule has 1 aliphatic rings. The number of rotatable bonds is 17. The van der Waals surface area contributed by atoms with Crippen molar-refractivity contribution in [3.63, 3.8) is 0 Å². The molecule has 2 aromatic rings. The number of aromatic hydroxyl groups is 1. The molecule has 0 fully saturated rings. The molecule has 0 amide bonds. The third kappa shape index (κ3) is 9.74. The first kappa shape index (κ1) is 36.4. The molecule has 2 N–H and O–H groups in total. The van der Waals surface area contributed by atoms with E-state index in [4.69, 9.17) is 26.1 Å². The lowest BCUT2D eigenvalue weighted by molar-refractivity contribution is 0.101. The van der Waals surface area contributed by atoms with Gasteiger partial charge in [0.1, 0.15) is 16.9 Å². The highest BCUT2D eigenvalue weighted by atomic mass is 32.1. The van der Waals surface area contributed by atoms with Crippen LogP contribution in [-0.4, -0.2) is 46.8 Å². The number of carbonyl (C=O) groups is 2. The number of allylic oxidation sites excluding steroid dienone is 3. The van der Waals surface area contributed by atoms with Gasteiger partial charge >= 0.3 is 12.1 Å². The van der Waals surface area contributed by atoms with Crippen molar-refractivity contribution in [2.24, 2.45) is 0 Å². The molecule has 0 bridgehead atoms. The molecule has 46 heavy (non-hydrogen) atoms. The topological polar surface area (TPSA) is 132 Å². The van der Waals surface area contributed by atoms with Gasteiger partial charge in [0.15, 0.2) is 11.2 Å². The molecule has 0 saturated carbocycles. The summed E-state index contributed by atoms with van der Waals surface area (Å²) < 4.78 is 21.7. The summed E-state index contributed by atoms with van der Waals surface area (Å²) in [4.78, 5) is 38.1. The predicted molar refractivity (Wildman–Crippen MR) is 181 cm³/mol. The molecule has 248 valence electrons. The highest BCUT2D eigenvalue weighted by Crippen LogP contribution is 2.33. The van der Waals surface area contributed by atoms with Crippen molar-refractivity contribution in [3.8, 4) is 17.4 Å². The van der Waals surface area contributed by atoms with Gasteiger partial charge in [0.2, 0.25) is 0 Å². The van der Waals surface area contributed by atoms with Crippen LogP contribution in [0.3, 0.4) is 0 Å². The van der Waals surface area contributed by atoms with Crippen molar-refractivity contribution in [2.75, 3.05) is 13.7 Å². The SMILES string of the molecule is CCCC[C@@H](O)[C@@H](/C=C/C=C\CCCCOc1ccc(C(C)=O)c(O)c1CCC)c1c(OC(=O)OC)oc2c(c1=O)=CCC(=S)C=2. The van der Waals surface area contributed by atoms with Crippen molar-refractivity contribution in [1.82, 2.24) is 0 Å². The monoisotopic (exact) mass is 652 g/mol. The van der Waals surface area contributed by atoms with E-state index in [2.05, 4.69) is 4.74 Å². The van der Waals surface area contributed by atoms with Crippen LogP contribution in [0.1, 0.15) is 99.5 Å². The minimum absolute atomic E-state index is 0.00241. The summed E-state index contributed by atoms with van der Waals surface area (Å²) in [6.07, 6.45) is 14.8. The number of phenolic OH excluding ortho intramolecular Hbond substituents is 1. The van der Waals surface area contributed by atoms with Crippen LogP contribution in [0.5, 0.6) is 17.4 Å². The smallest absolute Gasteiger partial charge is 0.507 e. The van der Waals surface area contributed by atoms with Gasteiger partial charge in [0.25, 0.3) is 0 Å². The molecule has 0 radical (unpaired) electrons. The van der Waals surface area contributed by atoms with Crippen molar-refractivity contribution in [1.29, 1.82) is 0 Å². The molecule has 0 aliphatic heterocycles. The van der Waals surface area contributed by atoms with Crippen LogP contribution in [0.2, 0.25) is 0 Å². The van der Waals surface area contributed by atoms with Crippen LogP contribution < -0.4 is 25.5 Å². The highest BCUT2D eigenvalue weighted by molar-refractivity contribution is 7.81. The second-order valence-corrected chi connectivity index (χ2v) is 11.6. The maximum Gasteiger partial charge on any atom is 0.516 e. The number of ketones is 1. The van der Waals surface area contributed by atoms with Crippen LogP contribution in [0.25, 0.3) is 12.2 Å². The van der Waals surface area contributed by atoms with E-state index in [1.807, 2.05) is 26.0 Å². The molecule has 1 aliphatic carbocycles. The van der Waals surface area contributed by atoms with Crippen molar-refractivity contribution < 1.29 is 38.4 Å². The number of benzene rings is 1. The van der Waals surface area contributed by atoms with Gasteiger partial charge in [-0.05, 0) is 57.2 Å². The highest BCUT2D eigenvalue weighted by Gasteiger charge is 2.29. The zero-order chi connectivity index (χ0) is 33.6. The molecule has 1 heterocycles. The van der Waals surface area contributed by atoms with Crippen LogP contribution in [0, 0.1) is 0 Å². The lowest BCUT2D eigenvalue weighted by Crippen LogP contribution is -2.44. The summed E-state index contributed by atoms with van der Waals surface area (Å²) in [6, 6.07) is 3.34. The second-order valence-electron chi connectivity index (χ2n) is 11.1. The van der Waals surface area contributed by atoms with E-state index in [-0.39, 0.29) is 28.5 Å². The number of carbonyl (C=O) groups excluding carboxylic acids is 2. The summed E-state index contributed by atoms with van der Waals surface area (Å²) >= 11 is 5.26. The molecule has 0 saturated heterocycles. The first-order chi connectivity index (χ1) is 22.1. The maximum atomic E-state index is 13.7. The number of aliphatic hydroxyl groups is 1. The van der Waals surface area contributed by atoms with Crippen molar-refractivity contribution in [3.05, 3.63) is 74.0 Å². The van der Waals surface area contributed by atoms with Gasteiger partial charge < -0.3 is 28.8 Å². The van der Waals surface area contributed by atoms with Crippen LogP contribution in [-0.2, 0) is 11.2 Å². The molecule has 9 nitrogen and oxygen atoms in total. The Morgan fingerprint density at radius 2 is 1.91 bits per heavy atom. The molecule has 0 unspecified atom stereocenters. The number of methoxy groups -OCH3 is 1. The molecule has 0 spiro atoms. The van der Waals surface area contributed by atoms with Gasteiger partial charge in [0.05, 0.1) is 36.2 Å². The van der Waals surface area contributed by atoms with E-state index in [1.54, 1.807) is 36.4 Å². The van der Waals surface area contributed by atoms with Crippen LogP contribution >= 0.6 is 12.2 Å². The van der Waals surface area contributed by atoms with E-state index in [0.29, 0.717) is 52.8 Å². The lowest BCUT2D eigenvalue weighted by atomic mass is 9.89. The fourth-order valence-electron chi connectivity index (χ4n) is 5.19. The summed E-state index contributed by atoms with van der Waals surface area (Å²) in [6.45, 7) is 5.90. The number of ether oxygens (including phenoxy) is 3. The third-order valence-corrected chi connectivity index (χ3v) is 7.91. The Bertz CT molecular complexity index is 1630. The second kappa shape index (κ2) is 18.2. The minimum Gasteiger partial charge on any atom is -0.507 e. The number of thiocarbonyl (C=S) groups is 1. The average molecular weight is 653 g/mol. The molecule has 2 atom stereocenters. The summed E-state index contributed by atoms with van der Waals surface area (Å²) in [5, 5.41) is 22.0. The Kier molecular flexibility index (Phi) is 14.4. The first-order valence-corrected chi connectivity index (χ1v) is 16.2. The molecule has 1 aromatic heterocycles. The number of aliphatic hydroxyl groups excluding tert-OH is 1. The van der Waals surface area contributed by atoms with E-state index < -0.39 is 23.6 Å². The average Bonchev–Trinajstić information content (AvgIpc) is 3.02. The number of hydrogen-bond donors (Lipinski definition) is 2. The number of unbranched alkanes of at least 4 members (excludes halogenated alkanes) is 3. The third-order valence-electron chi connectivity index (χ3n) is 7.63. The predicted octanol–water partition coefficient (Wildman–Crippen LogP) is 5.98. The molecule has 10 heteroatoms. The normalized spacial score (nSPS) is 14.0. The number of fused-ring (bicyclic) bond motifs is 1. The summed E-state index contributed by atoms with van der Waals surface area (Å²) in [5.74, 6) is -0.734. The van der Waals surface area contributed by atoms with Crippen molar-refractivity contribution >= 4 is 41.2 Å². The first-order valence-electron chi connectivity index (χ1n) is 15.8. The van der Waals surface area contributed by atoms with Gasteiger partial charge in [-0.2, -0.15) is 0 Å². The van der Waals surface area contributed by atoms with Crippen molar-refractivity contribution in [2.45, 2.75) is 90.6 Å². The largest absolute Gasteiger partial charge is 0.516 e. The van der Waals surface area contributed by atoms with E-state index in [9.17, 15) is 24.6 Å². The molecule has 1 aromatic carbocycles. The maximum absolute atomic E-state index is 13.7. The summed E-state index contributed by atoms with van der Waals surface area (Å²) in [5.41, 5.74) is 0.792. The fraction of sp³-hybridized carbons (Fsp3) is 0.444. The van der Waals surface area contributed by atoms with E-state index in [1.165, 1.54) is 6.92 Å². The van der Waals surface area contributed by atoms with Gasteiger partial charge in [0, 0.05) is 22.8 Å². The quantitative estimate of drug-likeness (QED) is 0.0692.